The molecule has 2 aliphatic carbocycles. The zero-order valence-corrected chi connectivity index (χ0v) is 18.7. The summed E-state index contributed by atoms with van der Waals surface area (Å²) < 4.78 is 11.7. The molecule has 0 aliphatic heterocycles. The highest BCUT2D eigenvalue weighted by Gasteiger charge is 2.42. The zero-order chi connectivity index (χ0) is 21.0. The van der Waals surface area contributed by atoms with E-state index in [0.717, 1.165) is 42.7 Å². The second-order valence-corrected chi connectivity index (χ2v) is 9.77. The average molecular weight is 406 g/mol. The van der Waals surface area contributed by atoms with Crippen LogP contribution in [0.2, 0.25) is 0 Å². The molecule has 0 amide bonds. The number of nitrogens with zero attached hydrogens (tertiary/aromatic N) is 1. The first-order valence-corrected chi connectivity index (χ1v) is 11.7. The van der Waals surface area contributed by atoms with E-state index in [4.69, 9.17) is 9.26 Å². The second-order valence-electron chi connectivity index (χ2n) is 9.77. The summed E-state index contributed by atoms with van der Waals surface area (Å²) in [6.45, 7) is 9.83. The van der Waals surface area contributed by atoms with Crippen LogP contribution < -0.4 is 0 Å². The number of hydrogen-bond donors (Lipinski definition) is 1. The molecule has 5 heteroatoms. The molecular weight excluding hydrogens is 366 g/mol. The lowest BCUT2D eigenvalue weighted by Gasteiger charge is -2.35. The van der Waals surface area contributed by atoms with Crippen molar-refractivity contribution in [2.24, 2.45) is 17.8 Å². The van der Waals surface area contributed by atoms with Crippen molar-refractivity contribution >= 4 is 5.97 Å². The number of carbonyl (C=O) groups is 1. The highest BCUT2D eigenvalue weighted by atomic mass is 16.5. The van der Waals surface area contributed by atoms with E-state index in [-0.39, 0.29) is 5.92 Å². The highest BCUT2D eigenvalue weighted by Crippen LogP contribution is 2.53. The Labute approximate surface area is 175 Å². The number of aromatic nitrogens is 1. The molecule has 0 spiro atoms. The Kier molecular flexibility index (Phi) is 7.78. The molecule has 1 N–H and O–H groups in total. The SMILES string of the molecule is CCCCOCCC(c1noc(C2CC(CC(C)C)C2)c1C1CC1)C(C)C(=O)O. The van der Waals surface area contributed by atoms with E-state index >= 15 is 0 Å². The highest BCUT2D eigenvalue weighted by molar-refractivity contribution is 5.71. The summed E-state index contributed by atoms with van der Waals surface area (Å²) in [6.07, 6.45) is 8.83. The van der Waals surface area contributed by atoms with Crippen molar-refractivity contribution in [3.63, 3.8) is 0 Å². The van der Waals surface area contributed by atoms with Gasteiger partial charge in [-0.2, -0.15) is 0 Å². The van der Waals surface area contributed by atoms with E-state index < -0.39 is 11.9 Å². The van der Waals surface area contributed by atoms with Gasteiger partial charge in [-0.3, -0.25) is 4.79 Å². The fourth-order valence-electron chi connectivity index (χ4n) is 4.83. The Morgan fingerprint density at radius 3 is 2.52 bits per heavy atom. The first-order chi connectivity index (χ1) is 13.9. The second kappa shape index (κ2) is 10.1. The van der Waals surface area contributed by atoms with Crippen molar-refractivity contribution in [3.8, 4) is 0 Å². The monoisotopic (exact) mass is 405 g/mol. The predicted octanol–water partition coefficient (Wildman–Crippen LogP) is 6.10. The maximum atomic E-state index is 11.8. The number of carboxylic acids is 1. The first kappa shape index (κ1) is 22.3. The number of rotatable bonds is 13. The van der Waals surface area contributed by atoms with Crippen LogP contribution in [0.3, 0.4) is 0 Å². The summed E-state index contributed by atoms with van der Waals surface area (Å²) in [7, 11) is 0. The molecule has 2 aliphatic rings. The minimum Gasteiger partial charge on any atom is -0.481 e. The molecule has 2 unspecified atom stereocenters. The van der Waals surface area contributed by atoms with E-state index in [1.807, 2.05) is 0 Å². The van der Waals surface area contributed by atoms with Gasteiger partial charge in [-0.15, -0.1) is 0 Å². The van der Waals surface area contributed by atoms with Crippen LogP contribution in [-0.2, 0) is 9.53 Å². The Morgan fingerprint density at radius 1 is 1.21 bits per heavy atom. The molecule has 1 aromatic rings. The number of hydrogen-bond acceptors (Lipinski definition) is 4. The molecular formula is C24H39NO4. The average Bonchev–Trinajstić information content (AvgIpc) is 3.39. The number of aliphatic carboxylic acids is 1. The molecule has 2 saturated carbocycles. The summed E-state index contributed by atoms with van der Waals surface area (Å²) in [6, 6.07) is 0. The van der Waals surface area contributed by atoms with Gasteiger partial charge in [-0.1, -0.05) is 39.3 Å². The number of carboxylic acid groups (broad SMARTS) is 1. The van der Waals surface area contributed by atoms with Crippen molar-refractivity contribution in [3.05, 3.63) is 17.0 Å². The first-order valence-electron chi connectivity index (χ1n) is 11.7. The summed E-state index contributed by atoms with van der Waals surface area (Å²) >= 11 is 0. The van der Waals surface area contributed by atoms with Crippen molar-refractivity contribution in [1.29, 1.82) is 0 Å². The van der Waals surface area contributed by atoms with Crippen LogP contribution in [0.25, 0.3) is 0 Å². The number of ether oxygens (including phenoxy) is 1. The molecule has 2 fully saturated rings. The molecule has 1 aromatic heterocycles. The summed E-state index contributed by atoms with van der Waals surface area (Å²) in [4.78, 5) is 11.8. The molecule has 0 radical (unpaired) electrons. The fraction of sp³-hybridized carbons (Fsp3) is 0.833. The quantitative estimate of drug-likeness (QED) is 0.401. The van der Waals surface area contributed by atoms with Gasteiger partial charge in [0.25, 0.3) is 0 Å². The lowest BCUT2D eigenvalue weighted by Crippen LogP contribution is -2.24. The molecule has 164 valence electrons. The number of unbranched alkanes of at least 4 members (excludes halogenated alkanes) is 1. The van der Waals surface area contributed by atoms with Gasteiger partial charge in [0.2, 0.25) is 0 Å². The van der Waals surface area contributed by atoms with Crippen LogP contribution in [-0.4, -0.2) is 29.4 Å². The fourth-order valence-corrected chi connectivity index (χ4v) is 4.83. The standard InChI is InChI=1S/C24H39NO4/c1-5-6-10-28-11-9-20(16(4)24(26)27)22-21(18-7-8-18)23(29-25-22)19-13-17(14-19)12-15(2)3/h15-20H,5-14H2,1-4H3,(H,26,27). The molecule has 5 nitrogen and oxygen atoms in total. The van der Waals surface area contributed by atoms with Crippen LogP contribution in [0, 0.1) is 17.8 Å². The zero-order valence-electron chi connectivity index (χ0n) is 18.7. The maximum Gasteiger partial charge on any atom is 0.306 e. The van der Waals surface area contributed by atoms with Crippen LogP contribution in [0.4, 0.5) is 0 Å². The van der Waals surface area contributed by atoms with Crippen LogP contribution >= 0.6 is 0 Å². The van der Waals surface area contributed by atoms with Crippen LogP contribution in [0.15, 0.2) is 4.52 Å². The maximum absolute atomic E-state index is 11.8. The topological polar surface area (TPSA) is 72.6 Å². The van der Waals surface area contributed by atoms with Gasteiger partial charge in [0, 0.05) is 30.6 Å². The predicted molar refractivity (Wildman–Crippen MR) is 113 cm³/mol. The van der Waals surface area contributed by atoms with Gasteiger partial charge in [-0.25, -0.2) is 0 Å². The minimum absolute atomic E-state index is 0.145. The van der Waals surface area contributed by atoms with E-state index in [1.165, 1.54) is 37.7 Å². The molecule has 3 rings (SSSR count). The summed E-state index contributed by atoms with van der Waals surface area (Å²) in [5.41, 5.74) is 2.16. The van der Waals surface area contributed by atoms with Crippen molar-refractivity contribution < 1.29 is 19.2 Å². The molecule has 0 bridgehead atoms. The Hall–Kier alpha value is -1.36. The Bertz CT molecular complexity index is 658. The summed E-state index contributed by atoms with van der Waals surface area (Å²) in [5.74, 6) is 2.18. The van der Waals surface area contributed by atoms with Gasteiger partial charge in [-0.05, 0) is 62.7 Å². The van der Waals surface area contributed by atoms with E-state index in [9.17, 15) is 9.90 Å². The molecule has 1 heterocycles. The lowest BCUT2D eigenvalue weighted by molar-refractivity contribution is -0.142. The Morgan fingerprint density at radius 2 is 1.93 bits per heavy atom. The van der Waals surface area contributed by atoms with Gasteiger partial charge < -0.3 is 14.4 Å². The molecule has 2 atom stereocenters. The minimum atomic E-state index is -0.768. The van der Waals surface area contributed by atoms with Gasteiger partial charge in [0.05, 0.1) is 11.6 Å². The molecule has 0 saturated heterocycles. The van der Waals surface area contributed by atoms with Crippen LogP contribution in [0.1, 0.15) is 114 Å². The van der Waals surface area contributed by atoms with Gasteiger partial charge in [0.1, 0.15) is 5.76 Å². The molecule has 29 heavy (non-hydrogen) atoms. The van der Waals surface area contributed by atoms with Crippen molar-refractivity contribution in [1.82, 2.24) is 5.16 Å². The normalized spacial score (nSPS) is 23.8. The van der Waals surface area contributed by atoms with Crippen molar-refractivity contribution in [2.75, 3.05) is 13.2 Å². The summed E-state index contributed by atoms with van der Waals surface area (Å²) in [5, 5.41) is 14.2. The third kappa shape index (κ3) is 5.62. The van der Waals surface area contributed by atoms with E-state index in [2.05, 4.69) is 25.9 Å². The van der Waals surface area contributed by atoms with E-state index in [1.54, 1.807) is 6.92 Å². The lowest BCUT2D eigenvalue weighted by atomic mass is 9.69. The smallest absolute Gasteiger partial charge is 0.306 e. The van der Waals surface area contributed by atoms with Crippen LogP contribution in [0.5, 0.6) is 0 Å². The third-order valence-corrected chi connectivity index (χ3v) is 6.74. The Balaban J connectivity index is 1.73. The largest absolute Gasteiger partial charge is 0.481 e. The van der Waals surface area contributed by atoms with Crippen molar-refractivity contribution in [2.45, 2.75) is 96.8 Å². The van der Waals surface area contributed by atoms with Gasteiger partial charge >= 0.3 is 5.97 Å². The third-order valence-electron chi connectivity index (χ3n) is 6.74. The molecule has 0 aromatic carbocycles. The van der Waals surface area contributed by atoms with E-state index in [0.29, 0.717) is 24.9 Å². The van der Waals surface area contributed by atoms with Gasteiger partial charge in [0.15, 0.2) is 0 Å².